The normalized spacial score (nSPS) is 18.7. The Hall–Kier alpha value is -2.09. The van der Waals surface area contributed by atoms with Gasteiger partial charge in [0, 0.05) is 11.5 Å². The first-order valence-corrected chi connectivity index (χ1v) is 8.38. The highest BCUT2D eigenvalue weighted by atomic mass is 16.2. The van der Waals surface area contributed by atoms with E-state index in [2.05, 4.69) is 67.7 Å². The maximum Gasteiger partial charge on any atom is 0.224 e. The first-order chi connectivity index (χ1) is 10.9. The molecule has 1 N–H and O–H groups in total. The molecule has 2 aromatic rings. The van der Waals surface area contributed by atoms with Gasteiger partial charge in [0.05, 0.1) is 5.92 Å². The van der Waals surface area contributed by atoms with Crippen LogP contribution in [0.2, 0.25) is 0 Å². The van der Waals surface area contributed by atoms with Crippen molar-refractivity contribution in [2.45, 2.75) is 45.6 Å². The molecule has 1 atom stereocenters. The minimum absolute atomic E-state index is 0.0234. The van der Waals surface area contributed by atoms with Crippen molar-refractivity contribution in [3.63, 3.8) is 0 Å². The molecule has 3 rings (SSSR count). The van der Waals surface area contributed by atoms with Gasteiger partial charge in [0.25, 0.3) is 0 Å². The third kappa shape index (κ3) is 2.90. The number of amides is 1. The van der Waals surface area contributed by atoms with Gasteiger partial charge in [-0.2, -0.15) is 0 Å². The fourth-order valence-electron chi connectivity index (χ4n) is 3.47. The van der Waals surface area contributed by atoms with Gasteiger partial charge in [-0.15, -0.1) is 0 Å². The third-order valence-electron chi connectivity index (χ3n) is 4.84. The monoisotopic (exact) mass is 307 g/mol. The SMILES string of the molecule is Cc1ccc(C2(c3ccc(C)cc3)C[C@@H]2C(=O)NC(C)C)cc1. The summed E-state index contributed by atoms with van der Waals surface area (Å²) in [6.45, 7) is 8.22. The van der Waals surface area contributed by atoms with Gasteiger partial charge in [0.2, 0.25) is 5.91 Å². The molecule has 1 aliphatic rings. The molecule has 0 unspecified atom stereocenters. The first kappa shape index (κ1) is 15.8. The zero-order chi connectivity index (χ0) is 16.6. The van der Waals surface area contributed by atoms with Crippen molar-refractivity contribution in [2.24, 2.45) is 5.92 Å². The highest BCUT2D eigenvalue weighted by molar-refractivity contribution is 5.86. The van der Waals surface area contributed by atoms with E-state index in [0.29, 0.717) is 0 Å². The number of hydrogen-bond acceptors (Lipinski definition) is 1. The number of carbonyl (C=O) groups is 1. The van der Waals surface area contributed by atoms with Crippen LogP contribution in [0.3, 0.4) is 0 Å². The summed E-state index contributed by atoms with van der Waals surface area (Å²) >= 11 is 0. The van der Waals surface area contributed by atoms with E-state index in [9.17, 15) is 4.79 Å². The van der Waals surface area contributed by atoms with Gasteiger partial charge in [-0.05, 0) is 45.2 Å². The van der Waals surface area contributed by atoms with Crippen LogP contribution >= 0.6 is 0 Å². The average Bonchev–Trinajstić information content (AvgIpc) is 3.25. The smallest absolute Gasteiger partial charge is 0.224 e. The third-order valence-corrected chi connectivity index (χ3v) is 4.84. The number of rotatable bonds is 4. The summed E-state index contributed by atoms with van der Waals surface area (Å²) in [6, 6.07) is 17.5. The van der Waals surface area contributed by atoms with Gasteiger partial charge in [-0.1, -0.05) is 59.7 Å². The maximum absolute atomic E-state index is 12.6. The lowest BCUT2D eigenvalue weighted by Gasteiger charge is -2.20. The van der Waals surface area contributed by atoms with E-state index in [0.717, 1.165) is 6.42 Å². The number of aryl methyl sites for hydroxylation is 2. The van der Waals surface area contributed by atoms with E-state index >= 15 is 0 Å². The molecular formula is C21H25NO. The molecule has 0 aliphatic heterocycles. The summed E-state index contributed by atoms with van der Waals surface area (Å²) < 4.78 is 0. The summed E-state index contributed by atoms with van der Waals surface area (Å²) in [5.74, 6) is 0.191. The molecular weight excluding hydrogens is 282 g/mol. The van der Waals surface area contributed by atoms with E-state index < -0.39 is 0 Å². The minimum Gasteiger partial charge on any atom is -0.354 e. The lowest BCUT2D eigenvalue weighted by atomic mass is 9.85. The standard InChI is InChI=1S/C21H25NO/c1-14(2)22-20(23)19-13-21(19,17-9-5-15(3)6-10-17)18-11-7-16(4)8-12-18/h5-12,14,19H,13H2,1-4H3,(H,22,23)/t19-/m1/s1. The van der Waals surface area contributed by atoms with Gasteiger partial charge in [-0.3, -0.25) is 4.79 Å². The quantitative estimate of drug-likeness (QED) is 0.904. The van der Waals surface area contributed by atoms with E-state index in [-0.39, 0.29) is 23.3 Å². The Morgan fingerprint density at radius 2 is 1.39 bits per heavy atom. The van der Waals surface area contributed by atoms with Crippen molar-refractivity contribution in [3.8, 4) is 0 Å². The zero-order valence-electron chi connectivity index (χ0n) is 14.4. The fourth-order valence-corrected chi connectivity index (χ4v) is 3.47. The number of nitrogens with one attached hydrogen (secondary N) is 1. The lowest BCUT2D eigenvalue weighted by molar-refractivity contribution is -0.123. The summed E-state index contributed by atoms with van der Waals surface area (Å²) in [4.78, 5) is 12.6. The summed E-state index contributed by atoms with van der Waals surface area (Å²) in [5, 5.41) is 3.08. The van der Waals surface area contributed by atoms with Crippen molar-refractivity contribution in [2.75, 3.05) is 0 Å². The van der Waals surface area contributed by atoms with Crippen molar-refractivity contribution in [3.05, 3.63) is 70.8 Å². The van der Waals surface area contributed by atoms with Gasteiger partial charge in [0.1, 0.15) is 0 Å². The highest BCUT2D eigenvalue weighted by Gasteiger charge is 2.60. The molecule has 2 aromatic carbocycles. The van der Waals surface area contributed by atoms with E-state index in [4.69, 9.17) is 0 Å². The molecule has 2 heteroatoms. The van der Waals surface area contributed by atoms with Gasteiger partial charge < -0.3 is 5.32 Å². The van der Waals surface area contributed by atoms with Crippen molar-refractivity contribution < 1.29 is 4.79 Å². The summed E-state index contributed by atoms with van der Waals surface area (Å²) in [5.41, 5.74) is 4.82. The first-order valence-electron chi connectivity index (χ1n) is 8.38. The van der Waals surface area contributed by atoms with Crippen LogP contribution in [0.25, 0.3) is 0 Å². The van der Waals surface area contributed by atoms with Crippen LogP contribution in [0.4, 0.5) is 0 Å². The second kappa shape index (κ2) is 5.84. The highest BCUT2D eigenvalue weighted by Crippen LogP contribution is 2.59. The van der Waals surface area contributed by atoms with Crippen molar-refractivity contribution in [1.82, 2.24) is 5.32 Å². The minimum atomic E-state index is -0.166. The Kier molecular flexibility index (Phi) is 4.01. The average molecular weight is 307 g/mol. The number of hydrogen-bond donors (Lipinski definition) is 1. The molecule has 0 bridgehead atoms. The molecule has 1 aliphatic carbocycles. The molecule has 0 radical (unpaired) electrons. The molecule has 1 amide bonds. The summed E-state index contributed by atoms with van der Waals surface area (Å²) in [6.07, 6.45) is 0.887. The van der Waals surface area contributed by atoms with Gasteiger partial charge in [0.15, 0.2) is 0 Å². The Morgan fingerprint density at radius 1 is 0.957 bits per heavy atom. The molecule has 23 heavy (non-hydrogen) atoms. The molecule has 0 spiro atoms. The van der Waals surface area contributed by atoms with E-state index in [1.807, 2.05) is 13.8 Å². The van der Waals surface area contributed by atoms with Crippen LogP contribution in [0.15, 0.2) is 48.5 Å². The van der Waals surface area contributed by atoms with Crippen LogP contribution in [0, 0.1) is 19.8 Å². The van der Waals surface area contributed by atoms with Crippen LogP contribution in [0.1, 0.15) is 42.5 Å². The number of benzene rings is 2. The topological polar surface area (TPSA) is 29.1 Å². The Morgan fingerprint density at radius 3 is 1.78 bits per heavy atom. The Bertz CT molecular complexity index is 652. The second-order valence-electron chi connectivity index (χ2n) is 7.12. The molecule has 0 heterocycles. The fraction of sp³-hybridized carbons (Fsp3) is 0.381. The van der Waals surface area contributed by atoms with Gasteiger partial charge >= 0.3 is 0 Å². The lowest BCUT2D eigenvalue weighted by Crippen LogP contribution is -2.34. The van der Waals surface area contributed by atoms with Crippen molar-refractivity contribution >= 4 is 5.91 Å². The van der Waals surface area contributed by atoms with Crippen LogP contribution in [-0.4, -0.2) is 11.9 Å². The van der Waals surface area contributed by atoms with Crippen LogP contribution in [0.5, 0.6) is 0 Å². The van der Waals surface area contributed by atoms with Gasteiger partial charge in [-0.25, -0.2) is 0 Å². The predicted molar refractivity (Wildman–Crippen MR) is 94.5 cm³/mol. The second-order valence-corrected chi connectivity index (χ2v) is 7.12. The van der Waals surface area contributed by atoms with Crippen LogP contribution < -0.4 is 5.32 Å². The Labute approximate surface area is 138 Å². The Balaban J connectivity index is 2.00. The van der Waals surface area contributed by atoms with E-state index in [1.54, 1.807) is 0 Å². The maximum atomic E-state index is 12.6. The molecule has 1 fully saturated rings. The van der Waals surface area contributed by atoms with Crippen molar-refractivity contribution in [1.29, 1.82) is 0 Å². The largest absolute Gasteiger partial charge is 0.354 e. The van der Waals surface area contributed by atoms with E-state index in [1.165, 1.54) is 22.3 Å². The number of carbonyl (C=O) groups excluding carboxylic acids is 1. The molecule has 1 saturated carbocycles. The zero-order valence-corrected chi connectivity index (χ0v) is 14.4. The molecule has 2 nitrogen and oxygen atoms in total. The molecule has 120 valence electrons. The molecule has 0 aromatic heterocycles. The van der Waals surface area contributed by atoms with Crippen LogP contribution in [-0.2, 0) is 10.2 Å². The summed E-state index contributed by atoms with van der Waals surface area (Å²) in [7, 11) is 0. The molecule has 0 saturated heterocycles. The predicted octanol–water partition coefficient (Wildman–Crippen LogP) is 4.13.